The Balaban J connectivity index is 0.685. The van der Waals surface area contributed by atoms with Crippen LogP contribution in [0.4, 0.5) is 27.9 Å². The highest BCUT2D eigenvalue weighted by molar-refractivity contribution is 6.05. The lowest BCUT2D eigenvalue weighted by Gasteiger charge is -2.43. The summed E-state index contributed by atoms with van der Waals surface area (Å²) in [5.41, 5.74) is 4.72. The SMILES string of the molecule is CC(=O)c1c(C)c2cnc(Nc3ccc(N4CCN(C(=O)N5CCC(C6CCN(c7ccc8c(c7)CN(C7CCC(=O)NC7=O)C8=O)CC6)CC5)CC4)cn3)nc2n(C2CCCC2)c1=O. The van der Waals surface area contributed by atoms with E-state index in [0.717, 1.165) is 94.5 Å². The number of piperazine rings is 1. The molecular weight excluding hydrogens is 827 g/mol. The summed E-state index contributed by atoms with van der Waals surface area (Å²) in [7, 11) is 0. The second kappa shape index (κ2) is 17.5. The Kier molecular flexibility index (Phi) is 11.5. The molecule has 4 saturated heterocycles. The number of pyridine rings is 2. The second-order valence-electron chi connectivity index (χ2n) is 18.8. The number of aromatic nitrogens is 4. The molecule has 0 radical (unpaired) electrons. The summed E-state index contributed by atoms with van der Waals surface area (Å²) in [5, 5.41) is 6.29. The Morgan fingerprint density at radius 1 is 0.754 bits per heavy atom. The van der Waals surface area contributed by atoms with Crippen LogP contribution in [0.25, 0.3) is 11.0 Å². The van der Waals surface area contributed by atoms with E-state index >= 15 is 0 Å². The Bertz CT molecular complexity index is 2600. The zero-order chi connectivity index (χ0) is 44.9. The molecule has 5 fully saturated rings. The number of fused-ring (bicyclic) bond motifs is 2. The van der Waals surface area contributed by atoms with Gasteiger partial charge in [-0.2, -0.15) is 4.98 Å². The highest BCUT2D eigenvalue weighted by atomic mass is 16.2. The van der Waals surface area contributed by atoms with Gasteiger partial charge in [-0.05, 0) is 112 Å². The number of hydrogen-bond acceptors (Lipinski definition) is 12. The van der Waals surface area contributed by atoms with Crippen LogP contribution in [0.15, 0.2) is 47.5 Å². The van der Waals surface area contributed by atoms with Crippen LogP contribution in [0.5, 0.6) is 0 Å². The smallest absolute Gasteiger partial charge is 0.320 e. The fourth-order valence-corrected chi connectivity index (χ4v) is 11.4. The minimum atomic E-state index is -0.612. The van der Waals surface area contributed by atoms with Gasteiger partial charge < -0.3 is 29.8 Å². The zero-order valence-corrected chi connectivity index (χ0v) is 37.3. The van der Waals surface area contributed by atoms with Crippen LogP contribution in [-0.2, 0) is 16.1 Å². The molecule has 340 valence electrons. The van der Waals surface area contributed by atoms with Crippen molar-refractivity contribution in [2.45, 2.75) is 96.7 Å². The van der Waals surface area contributed by atoms with E-state index in [1.54, 1.807) is 22.6 Å². The van der Waals surface area contributed by atoms with Crippen molar-refractivity contribution in [1.29, 1.82) is 0 Å². The van der Waals surface area contributed by atoms with Crippen LogP contribution in [0, 0.1) is 18.8 Å². The molecule has 17 nitrogen and oxygen atoms in total. The van der Waals surface area contributed by atoms with Gasteiger partial charge in [0.15, 0.2) is 5.78 Å². The number of aryl methyl sites for hydroxylation is 1. The number of nitrogens with zero attached hydrogens (tertiary/aromatic N) is 9. The van der Waals surface area contributed by atoms with Gasteiger partial charge in [0.25, 0.3) is 11.5 Å². The summed E-state index contributed by atoms with van der Waals surface area (Å²) in [6, 6.07) is 9.42. The normalized spacial score (nSPS) is 21.4. The van der Waals surface area contributed by atoms with Crippen LogP contribution in [0.2, 0.25) is 0 Å². The maximum absolute atomic E-state index is 13.7. The van der Waals surface area contributed by atoms with Gasteiger partial charge in [0.2, 0.25) is 17.8 Å². The van der Waals surface area contributed by atoms with E-state index in [0.29, 0.717) is 84.9 Å². The van der Waals surface area contributed by atoms with Crippen LogP contribution in [0.1, 0.15) is 109 Å². The number of carbonyl (C=O) groups excluding carboxylic acids is 5. The van der Waals surface area contributed by atoms with Crippen molar-refractivity contribution in [1.82, 2.24) is 39.5 Å². The number of imide groups is 1. The number of Topliss-reactive ketones (excluding diaryl/α,β-unsaturated/α-hetero) is 1. The number of amides is 5. The van der Waals surface area contributed by atoms with Gasteiger partial charge >= 0.3 is 6.03 Å². The van der Waals surface area contributed by atoms with E-state index in [4.69, 9.17) is 4.98 Å². The Hall–Kier alpha value is -6.39. The maximum atomic E-state index is 13.7. The van der Waals surface area contributed by atoms with E-state index in [-0.39, 0.29) is 47.2 Å². The molecule has 1 atom stereocenters. The van der Waals surface area contributed by atoms with E-state index in [1.165, 1.54) is 6.92 Å². The van der Waals surface area contributed by atoms with E-state index < -0.39 is 11.9 Å². The second-order valence-corrected chi connectivity index (χ2v) is 18.8. The van der Waals surface area contributed by atoms with E-state index in [2.05, 4.69) is 36.5 Å². The molecule has 5 amide bonds. The first-order chi connectivity index (χ1) is 31.5. The molecule has 1 aliphatic carbocycles. The summed E-state index contributed by atoms with van der Waals surface area (Å²) in [4.78, 5) is 101. The zero-order valence-electron chi connectivity index (χ0n) is 37.3. The first-order valence-electron chi connectivity index (χ1n) is 23.5. The van der Waals surface area contributed by atoms with Gasteiger partial charge in [-0.3, -0.25) is 33.9 Å². The monoisotopic (exact) mass is 883 g/mol. The maximum Gasteiger partial charge on any atom is 0.320 e. The topological polar surface area (TPSA) is 186 Å². The van der Waals surface area contributed by atoms with Crippen molar-refractivity contribution in [3.05, 3.63) is 75.3 Å². The van der Waals surface area contributed by atoms with Crippen molar-refractivity contribution in [3.63, 3.8) is 0 Å². The molecule has 0 spiro atoms. The Morgan fingerprint density at radius 2 is 1.43 bits per heavy atom. The molecule has 6 aliphatic rings. The molecule has 8 heterocycles. The average Bonchev–Trinajstić information content (AvgIpc) is 3.97. The van der Waals surface area contributed by atoms with Gasteiger partial charge in [-0.15, -0.1) is 0 Å². The lowest BCUT2D eigenvalue weighted by atomic mass is 9.78. The van der Waals surface area contributed by atoms with Crippen molar-refractivity contribution < 1.29 is 24.0 Å². The van der Waals surface area contributed by atoms with Gasteiger partial charge in [0.1, 0.15) is 17.5 Å². The largest absolute Gasteiger partial charge is 0.372 e. The molecule has 5 aliphatic heterocycles. The summed E-state index contributed by atoms with van der Waals surface area (Å²) >= 11 is 0. The third-order valence-corrected chi connectivity index (χ3v) is 15.0. The highest BCUT2D eigenvalue weighted by Crippen LogP contribution is 2.37. The summed E-state index contributed by atoms with van der Waals surface area (Å²) in [6.45, 7) is 9.76. The van der Waals surface area contributed by atoms with Crippen LogP contribution in [-0.4, -0.2) is 122 Å². The van der Waals surface area contributed by atoms with Crippen molar-refractivity contribution >= 4 is 63.7 Å². The van der Waals surface area contributed by atoms with Gasteiger partial charge in [-0.25, -0.2) is 14.8 Å². The number of nitrogens with one attached hydrogen (secondary N) is 2. The Morgan fingerprint density at radius 3 is 2.11 bits per heavy atom. The number of hydrogen-bond donors (Lipinski definition) is 2. The lowest BCUT2D eigenvalue weighted by Crippen LogP contribution is -2.54. The minimum Gasteiger partial charge on any atom is -0.372 e. The number of benzene rings is 1. The first-order valence-corrected chi connectivity index (χ1v) is 23.5. The van der Waals surface area contributed by atoms with Crippen molar-refractivity contribution in [2.24, 2.45) is 11.8 Å². The molecule has 2 N–H and O–H groups in total. The van der Waals surface area contributed by atoms with Crippen LogP contribution in [0.3, 0.4) is 0 Å². The van der Waals surface area contributed by atoms with Gasteiger partial charge in [0.05, 0.1) is 17.4 Å². The molecule has 0 bridgehead atoms. The van der Waals surface area contributed by atoms with Crippen LogP contribution < -0.4 is 26.0 Å². The summed E-state index contributed by atoms with van der Waals surface area (Å²) in [6.07, 6.45) is 12.1. The fraction of sp³-hybridized carbons (Fsp3) is 0.521. The molecule has 4 aromatic rings. The Labute approximate surface area is 377 Å². The molecule has 1 unspecified atom stereocenters. The number of anilines is 4. The first kappa shape index (κ1) is 42.6. The van der Waals surface area contributed by atoms with E-state index in [1.807, 2.05) is 40.3 Å². The number of likely N-dealkylation sites (tertiary alicyclic amines) is 1. The van der Waals surface area contributed by atoms with Crippen molar-refractivity contribution in [2.75, 3.05) is 67.5 Å². The minimum absolute atomic E-state index is 0.00121. The molecular formula is C48H57N11O6. The number of ketones is 1. The van der Waals surface area contributed by atoms with Crippen LogP contribution >= 0.6 is 0 Å². The predicted molar refractivity (Wildman–Crippen MR) is 244 cm³/mol. The molecule has 3 aromatic heterocycles. The summed E-state index contributed by atoms with van der Waals surface area (Å²) in [5.74, 6) is 1.05. The van der Waals surface area contributed by atoms with Crippen molar-refractivity contribution in [3.8, 4) is 0 Å². The fourth-order valence-electron chi connectivity index (χ4n) is 11.4. The number of rotatable bonds is 8. The third kappa shape index (κ3) is 8.18. The van der Waals surface area contributed by atoms with E-state index in [9.17, 15) is 28.8 Å². The van der Waals surface area contributed by atoms with Gasteiger partial charge in [-0.1, -0.05) is 12.8 Å². The third-order valence-electron chi connectivity index (χ3n) is 15.0. The number of carbonyl (C=O) groups is 5. The number of piperidine rings is 3. The molecule has 65 heavy (non-hydrogen) atoms. The molecule has 1 aromatic carbocycles. The average molecular weight is 884 g/mol. The number of urea groups is 1. The highest BCUT2D eigenvalue weighted by Gasteiger charge is 2.40. The predicted octanol–water partition coefficient (Wildman–Crippen LogP) is 5.19. The molecule has 17 heteroatoms. The standard InChI is InChI=1S/C48H57N11O6/c1-29-38-27-50-47(53-43(38)59(34-5-3-4-6-34)46(64)42(29)30(2)60)51-40-11-8-36(26-49-40)55-21-23-57(24-22-55)48(65)56-19-15-32(16-20-56)31-13-17-54(18-14-31)35-7-9-37-33(25-35)28-58(45(37)63)39-10-12-41(61)52-44(39)62/h7-9,11,25-27,31-32,34,39H,3-6,10,12-24,28H2,1-2H3,(H,52,61,62)(H,49,50,51,53). The quantitative estimate of drug-likeness (QED) is 0.175. The lowest BCUT2D eigenvalue weighted by molar-refractivity contribution is -0.136. The molecule has 1 saturated carbocycles. The molecule has 10 rings (SSSR count). The van der Waals surface area contributed by atoms with Gasteiger partial charge in [0, 0.05) is 94.2 Å². The summed E-state index contributed by atoms with van der Waals surface area (Å²) < 4.78 is 1.71.